The summed E-state index contributed by atoms with van der Waals surface area (Å²) in [7, 11) is 2.06. The molecule has 0 saturated heterocycles. The minimum atomic E-state index is 0.734. The van der Waals surface area contributed by atoms with E-state index in [-0.39, 0.29) is 0 Å². The van der Waals surface area contributed by atoms with E-state index in [0.29, 0.717) is 0 Å². The molecule has 2 aromatic rings. The van der Waals surface area contributed by atoms with E-state index in [9.17, 15) is 0 Å². The molecule has 0 aliphatic carbocycles. The summed E-state index contributed by atoms with van der Waals surface area (Å²) in [6, 6.07) is 5.96. The first-order valence-electron chi connectivity index (χ1n) is 6.95. The van der Waals surface area contributed by atoms with Crippen LogP contribution in [0, 0.1) is 0 Å². The molecule has 0 fully saturated rings. The summed E-state index contributed by atoms with van der Waals surface area (Å²) in [5.74, 6) is 1.79. The molecule has 0 saturated carbocycles. The van der Waals surface area contributed by atoms with Crippen molar-refractivity contribution in [1.29, 1.82) is 0 Å². The van der Waals surface area contributed by atoms with Gasteiger partial charge < -0.3 is 10.2 Å². The van der Waals surface area contributed by atoms with E-state index in [1.807, 2.05) is 18.2 Å². The second kappa shape index (κ2) is 7.43. The number of hydrogen-bond donors (Lipinski definition) is 1. The minimum absolute atomic E-state index is 0.734. The van der Waals surface area contributed by atoms with Crippen molar-refractivity contribution in [2.45, 2.75) is 26.3 Å². The highest BCUT2D eigenvalue weighted by Gasteiger charge is 2.03. The van der Waals surface area contributed by atoms with Gasteiger partial charge in [0, 0.05) is 38.6 Å². The van der Waals surface area contributed by atoms with Gasteiger partial charge in [-0.15, -0.1) is 0 Å². The molecule has 0 aromatic carbocycles. The number of pyridine rings is 1. The average molecular weight is 271 g/mol. The molecule has 0 aliphatic rings. The van der Waals surface area contributed by atoms with Gasteiger partial charge in [0.2, 0.25) is 0 Å². The van der Waals surface area contributed by atoms with E-state index in [0.717, 1.165) is 24.7 Å². The van der Waals surface area contributed by atoms with Crippen molar-refractivity contribution in [2.24, 2.45) is 0 Å². The van der Waals surface area contributed by atoms with Crippen LogP contribution in [0.2, 0.25) is 0 Å². The van der Waals surface area contributed by atoms with Crippen molar-refractivity contribution in [3.8, 4) is 0 Å². The summed E-state index contributed by atoms with van der Waals surface area (Å²) in [6.07, 6.45) is 7.54. The first-order valence-corrected chi connectivity index (χ1v) is 6.95. The van der Waals surface area contributed by atoms with E-state index in [1.54, 1.807) is 18.7 Å². The Morgan fingerprint density at radius 3 is 2.75 bits per heavy atom. The first kappa shape index (κ1) is 14.2. The summed E-state index contributed by atoms with van der Waals surface area (Å²) < 4.78 is 0. The summed E-state index contributed by atoms with van der Waals surface area (Å²) in [6.45, 7) is 3.93. The van der Waals surface area contributed by atoms with Crippen molar-refractivity contribution < 1.29 is 0 Å². The van der Waals surface area contributed by atoms with E-state index in [4.69, 9.17) is 0 Å². The lowest BCUT2D eigenvalue weighted by Gasteiger charge is -2.18. The molecule has 0 aliphatic heterocycles. The highest BCUT2D eigenvalue weighted by molar-refractivity contribution is 5.48. The first-order chi connectivity index (χ1) is 9.79. The van der Waals surface area contributed by atoms with Crippen molar-refractivity contribution in [2.75, 3.05) is 23.8 Å². The van der Waals surface area contributed by atoms with Gasteiger partial charge in [0.05, 0.1) is 0 Å². The Morgan fingerprint density at radius 2 is 2.00 bits per heavy atom. The molecule has 5 heteroatoms. The Hall–Kier alpha value is -2.17. The molecule has 0 radical (unpaired) electrons. The molecular formula is C15H21N5. The predicted octanol–water partition coefficient (Wildman–Crippen LogP) is 2.72. The molecule has 1 N–H and O–H groups in total. The van der Waals surface area contributed by atoms with E-state index in [2.05, 4.69) is 39.1 Å². The van der Waals surface area contributed by atoms with Gasteiger partial charge in [-0.1, -0.05) is 13.3 Å². The fraction of sp³-hybridized carbons (Fsp3) is 0.400. The van der Waals surface area contributed by atoms with Crippen LogP contribution < -0.4 is 10.2 Å². The number of rotatable bonds is 7. The van der Waals surface area contributed by atoms with Crippen LogP contribution in [0.15, 0.2) is 36.9 Å². The Balaban J connectivity index is 1.95. The highest BCUT2D eigenvalue weighted by Crippen LogP contribution is 2.14. The van der Waals surface area contributed by atoms with E-state index in [1.165, 1.54) is 18.4 Å². The van der Waals surface area contributed by atoms with Crippen LogP contribution in [0.3, 0.4) is 0 Å². The molecule has 0 unspecified atom stereocenters. The lowest BCUT2D eigenvalue weighted by molar-refractivity contribution is 0.758. The molecule has 5 nitrogen and oxygen atoms in total. The zero-order valence-corrected chi connectivity index (χ0v) is 12.1. The zero-order chi connectivity index (χ0) is 14.2. The zero-order valence-electron chi connectivity index (χ0n) is 12.1. The molecule has 20 heavy (non-hydrogen) atoms. The van der Waals surface area contributed by atoms with Crippen LogP contribution in [0.4, 0.5) is 11.6 Å². The van der Waals surface area contributed by atoms with Gasteiger partial charge in [-0.05, 0) is 24.1 Å². The number of nitrogens with zero attached hydrogens (tertiary/aromatic N) is 4. The normalized spacial score (nSPS) is 10.3. The van der Waals surface area contributed by atoms with Crippen LogP contribution >= 0.6 is 0 Å². The Labute approximate surface area is 120 Å². The lowest BCUT2D eigenvalue weighted by Crippen LogP contribution is -2.19. The summed E-state index contributed by atoms with van der Waals surface area (Å²) >= 11 is 0. The highest BCUT2D eigenvalue weighted by atomic mass is 15.2. The smallest absolute Gasteiger partial charge is 0.133 e. The Morgan fingerprint density at radius 1 is 1.20 bits per heavy atom. The lowest BCUT2D eigenvalue weighted by atomic mass is 10.3. The molecule has 0 spiro atoms. The van der Waals surface area contributed by atoms with Crippen LogP contribution in [-0.2, 0) is 6.54 Å². The largest absolute Gasteiger partial charge is 0.366 e. The monoisotopic (exact) mass is 271 g/mol. The topological polar surface area (TPSA) is 53.9 Å². The molecule has 2 heterocycles. The molecular weight excluding hydrogens is 250 g/mol. The standard InChI is InChI=1S/C15H21N5/c1-3-4-9-20(2)15-10-14(18-12-19-15)17-11-13-5-7-16-8-6-13/h5-8,10,12H,3-4,9,11H2,1-2H3,(H,17,18,19). The number of aromatic nitrogens is 3. The average Bonchev–Trinajstić information content (AvgIpc) is 2.52. The van der Waals surface area contributed by atoms with Gasteiger partial charge in [-0.25, -0.2) is 9.97 Å². The second-order valence-corrected chi connectivity index (χ2v) is 4.75. The molecule has 2 aromatic heterocycles. The van der Waals surface area contributed by atoms with Crippen LogP contribution in [0.1, 0.15) is 25.3 Å². The number of nitrogens with one attached hydrogen (secondary N) is 1. The fourth-order valence-corrected chi connectivity index (χ4v) is 1.86. The van der Waals surface area contributed by atoms with Gasteiger partial charge in [0.1, 0.15) is 18.0 Å². The molecule has 0 amide bonds. The Bertz CT molecular complexity index is 515. The SMILES string of the molecule is CCCCN(C)c1cc(NCc2ccncc2)ncn1. The maximum Gasteiger partial charge on any atom is 0.133 e. The van der Waals surface area contributed by atoms with Crippen molar-refractivity contribution in [3.63, 3.8) is 0 Å². The number of anilines is 2. The molecule has 0 atom stereocenters. The van der Waals surface area contributed by atoms with Gasteiger partial charge >= 0.3 is 0 Å². The molecule has 2 rings (SSSR count). The van der Waals surface area contributed by atoms with Crippen LogP contribution in [0.25, 0.3) is 0 Å². The third kappa shape index (κ3) is 4.19. The van der Waals surface area contributed by atoms with Gasteiger partial charge in [-0.3, -0.25) is 4.98 Å². The molecule has 106 valence electrons. The van der Waals surface area contributed by atoms with Crippen LogP contribution in [0.5, 0.6) is 0 Å². The van der Waals surface area contributed by atoms with Crippen molar-refractivity contribution in [3.05, 3.63) is 42.5 Å². The predicted molar refractivity (Wildman–Crippen MR) is 81.8 cm³/mol. The van der Waals surface area contributed by atoms with E-state index < -0.39 is 0 Å². The summed E-state index contributed by atoms with van der Waals surface area (Å²) in [4.78, 5) is 14.7. The minimum Gasteiger partial charge on any atom is -0.366 e. The van der Waals surface area contributed by atoms with Crippen LogP contribution in [-0.4, -0.2) is 28.5 Å². The fourth-order valence-electron chi connectivity index (χ4n) is 1.86. The Kier molecular flexibility index (Phi) is 5.29. The van der Waals surface area contributed by atoms with Gasteiger partial charge in [0.25, 0.3) is 0 Å². The summed E-state index contributed by atoms with van der Waals surface area (Å²) in [5.41, 5.74) is 1.18. The van der Waals surface area contributed by atoms with Gasteiger partial charge in [0.15, 0.2) is 0 Å². The van der Waals surface area contributed by atoms with Crippen molar-refractivity contribution in [1.82, 2.24) is 15.0 Å². The van der Waals surface area contributed by atoms with E-state index >= 15 is 0 Å². The quantitative estimate of drug-likeness (QED) is 0.839. The van der Waals surface area contributed by atoms with Crippen molar-refractivity contribution >= 4 is 11.6 Å². The maximum atomic E-state index is 4.31. The number of hydrogen-bond acceptors (Lipinski definition) is 5. The third-order valence-electron chi connectivity index (χ3n) is 3.11. The maximum absolute atomic E-state index is 4.31. The molecule has 0 bridgehead atoms. The summed E-state index contributed by atoms with van der Waals surface area (Å²) in [5, 5.41) is 3.31. The number of unbranched alkanes of at least 4 members (excludes halogenated alkanes) is 1. The third-order valence-corrected chi connectivity index (χ3v) is 3.11. The second-order valence-electron chi connectivity index (χ2n) is 4.75. The van der Waals surface area contributed by atoms with Gasteiger partial charge in [-0.2, -0.15) is 0 Å².